The molecule has 122 valence electrons. The predicted octanol–water partition coefficient (Wildman–Crippen LogP) is 4.27. The number of benzene rings is 2. The van der Waals surface area contributed by atoms with E-state index in [1.807, 2.05) is 30.3 Å². The van der Waals surface area contributed by atoms with E-state index in [0.717, 1.165) is 38.4 Å². The Kier molecular flexibility index (Phi) is 4.34. The average molecular weight is 318 g/mol. The molecule has 2 aromatic carbocycles. The molecule has 0 atom stereocenters. The van der Waals surface area contributed by atoms with E-state index in [4.69, 9.17) is 4.74 Å². The molecular formula is C21H22N2O. The first-order valence-corrected chi connectivity index (χ1v) is 8.56. The Labute approximate surface area is 142 Å². The zero-order valence-electron chi connectivity index (χ0n) is 13.8. The van der Waals surface area contributed by atoms with Crippen LogP contribution in [0.3, 0.4) is 0 Å². The first-order chi connectivity index (χ1) is 11.9. The molecule has 3 aromatic rings. The van der Waals surface area contributed by atoms with Crippen LogP contribution in [0.5, 0.6) is 5.75 Å². The van der Waals surface area contributed by atoms with Crippen molar-refractivity contribution in [3.8, 4) is 5.75 Å². The van der Waals surface area contributed by atoms with Crippen molar-refractivity contribution in [3.63, 3.8) is 0 Å². The van der Waals surface area contributed by atoms with Gasteiger partial charge in [0.05, 0.1) is 5.52 Å². The fraction of sp³-hybridized carbons (Fsp3) is 0.238. The molecule has 0 spiro atoms. The van der Waals surface area contributed by atoms with E-state index >= 15 is 0 Å². The van der Waals surface area contributed by atoms with Crippen LogP contribution in [0.15, 0.2) is 72.9 Å². The van der Waals surface area contributed by atoms with Crippen molar-refractivity contribution < 1.29 is 4.74 Å². The second-order valence-electron chi connectivity index (χ2n) is 6.15. The number of para-hydroxylation sites is 2. The normalized spacial score (nSPS) is 15.4. The molecule has 0 radical (unpaired) electrons. The van der Waals surface area contributed by atoms with Crippen molar-refractivity contribution in [3.05, 3.63) is 72.9 Å². The van der Waals surface area contributed by atoms with Gasteiger partial charge in [-0.1, -0.05) is 42.5 Å². The lowest BCUT2D eigenvalue weighted by atomic mass is 10.2. The molecule has 1 aliphatic rings. The predicted molar refractivity (Wildman–Crippen MR) is 99.2 cm³/mol. The lowest BCUT2D eigenvalue weighted by Gasteiger charge is -2.27. The number of fused-ring (bicyclic) bond motifs is 1. The SMILES string of the molecule is C1=C(n2ccc3ccccc32)CCN(CCOc2ccccc2)C1. The summed E-state index contributed by atoms with van der Waals surface area (Å²) in [5.41, 5.74) is 2.70. The third kappa shape index (κ3) is 3.22. The standard InChI is InChI=1S/C21H22N2O/c1-2-7-20(8-3-1)24-17-16-22-13-11-19(12-14-22)23-15-10-18-6-4-5-9-21(18)23/h1-11,15H,12-14,16-17H2. The van der Waals surface area contributed by atoms with Gasteiger partial charge in [0.2, 0.25) is 0 Å². The van der Waals surface area contributed by atoms with Crippen LogP contribution in [0.25, 0.3) is 16.6 Å². The zero-order valence-corrected chi connectivity index (χ0v) is 13.8. The Balaban J connectivity index is 1.35. The molecule has 0 unspecified atom stereocenters. The molecule has 2 heterocycles. The molecule has 0 aliphatic carbocycles. The van der Waals surface area contributed by atoms with E-state index in [-0.39, 0.29) is 0 Å². The smallest absolute Gasteiger partial charge is 0.119 e. The van der Waals surface area contributed by atoms with E-state index in [2.05, 4.69) is 52.1 Å². The molecule has 3 heteroatoms. The minimum absolute atomic E-state index is 0.736. The number of rotatable bonds is 5. The van der Waals surface area contributed by atoms with Gasteiger partial charge in [-0.15, -0.1) is 0 Å². The number of ether oxygens (including phenoxy) is 1. The molecular weight excluding hydrogens is 296 g/mol. The lowest BCUT2D eigenvalue weighted by molar-refractivity contribution is 0.221. The highest BCUT2D eigenvalue weighted by atomic mass is 16.5. The maximum atomic E-state index is 5.80. The summed E-state index contributed by atoms with van der Waals surface area (Å²) in [4.78, 5) is 2.44. The highest BCUT2D eigenvalue weighted by Gasteiger charge is 2.14. The summed E-state index contributed by atoms with van der Waals surface area (Å²) in [7, 11) is 0. The van der Waals surface area contributed by atoms with Gasteiger partial charge in [0.1, 0.15) is 12.4 Å². The van der Waals surface area contributed by atoms with Crippen molar-refractivity contribution in [2.75, 3.05) is 26.2 Å². The van der Waals surface area contributed by atoms with Gasteiger partial charge < -0.3 is 9.30 Å². The van der Waals surface area contributed by atoms with Gasteiger partial charge in [-0.2, -0.15) is 0 Å². The number of nitrogens with zero attached hydrogens (tertiary/aromatic N) is 2. The molecule has 0 bridgehead atoms. The maximum absolute atomic E-state index is 5.80. The van der Waals surface area contributed by atoms with Crippen molar-refractivity contribution in [2.45, 2.75) is 6.42 Å². The van der Waals surface area contributed by atoms with E-state index in [1.54, 1.807) is 0 Å². The van der Waals surface area contributed by atoms with Crippen molar-refractivity contribution in [1.29, 1.82) is 0 Å². The van der Waals surface area contributed by atoms with Gasteiger partial charge in [0, 0.05) is 37.9 Å². The molecule has 24 heavy (non-hydrogen) atoms. The molecule has 1 aromatic heterocycles. The number of hydrogen-bond acceptors (Lipinski definition) is 2. The molecule has 0 amide bonds. The van der Waals surface area contributed by atoms with E-state index in [1.165, 1.54) is 16.6 Å². The lowest BCUT2D eigenvalue weighted by Crippen LogP contribution is -2.33. The summed E-state index contributed by atoms with van der Waals surface area (Å²) in [5, 5.41) is 1.30. The number of aromatic nitrogens is 1. The highest BCUT2D eigenvalue weighted by molar-refractivity contribution is 5.83. The second-order valence-corrected chi connectivity index (χ2v) is 6.15. The van der Waals surface area contributed by atoms with Crippen molar-refractivity contribution in [2.24, 2.45) is 0 Å². The average Bonchev–Trinajstić information content (AvgIpc) is 3.07. The third-order valence-corrected chi connectivity index (χ3v) is 4.60. The highest BCUT2D eigenvalue weighted by Crippen LogP contribution is 2.23. The molecule has 0 saturated carbocycles. The Morgan fingerprint density at radius 3 is 2.58 bits per heavy atom. The van der Waals surface area contributed by atoms with Gasteiger partial charge in [-0.25, -0.2) is 0 Å². The largest absolute Gasteiger partial charge is 0.492 e. The van der Waals surface area contributed by atoms with E-state index in [9.17, 15) is 0 Å². The van der Waals surface area contributed by atoms with Gasteiger partial charge in [0.25, 0.3) is 0 Å². The van der Waals surface area contributed by atoms with Crippen LogP contribution in [-0.4, -0.2) is 35.7 Å². The molecule has 0 fully saturated rings. The van der Waals surface area contributed by atoms with Crippen molar-refractivity contribution >= 4 is 16.6 Å². The second kappa shape index (κ2) is 6.93. The van der Waals surface area contributed by atoms with Crippen LogP contribution in [0.2, 0.25) is 0 Å². The quantitative estimate of drug-likeness (QED) is 0.699. The van der Waals surface area contributed by atoms with Gasteiger partial charge in [-0.05, 0) is 29.7 Å². The van der Waals surface area contributed by atoms with E-state index < -0.39 is 0 Å². The minimum Gasteiger partial charge on any atom is -0.492 e. The number of hydrogen-bond donors (Lipinski definition) is 0. The van der Waals surface area contributed by atoms with E-state index in [0.29, 0.717) is 0 Å². The summed E-state index contributed by atoms with van der Waals surface area (Å²) < 4.78 is 8.12. The first kappa shape index (κ1) is 15.0. The summed E-state index contributed by atoms with van der Waals surface area (Å²) in [6.07, 6.45) is 5.60. The van der Waals surface area contributed by atoms with Crippen LogP contribution >= 0.6 is 0 Å². The Morgan fingerprint density at radius 1 is 0.917 bits per heavy atom. The molecule has 0 saturated heterocycles. The van der Waals surface area contributed by atoms with Crippen LogP contribution in [0.1, 0.15) is 6.42 Å². The van der Waals surface area contributed by atoms with Crippen LogP contribution < -0.4 is 4.74 Å². The summed E-state index contributed by atoms with van der Waals surface area (Å²) >= 11 is 0. The monoisotopic (exact) mass is 318 g/mol. The Morgan fingerprint density at radius 2 is 1.75 bits per heavy atom. The molecule has 4 rings (SSSR count). The molecule has 1 aliphatic heterocycles. The maximum Gasteiger partial charge on any atom is 0.119 e. The third-order valence-electron chi connectivity index (χ3n) is 4.60. The summed E-state index contributed by atoms with van der Waals surface area (Å²) in [6, 6.07) is 20.8. The topological polar surface area (TPSA) is 17.4 Å². The van der Waals surface area contributed by atoms with Crippen molar-refractivity contribution in [1.82, 2.24) is 9.47 Å². The fourth-order valence-corrected chi connectivity index (χ4v) is 3.27. The fourth-order valence-electron chi connectivity index (χ4n) is 3.27. The first-order valence-electron chi connectivity index (χ1n) is 8.56. The summed E-state index contributed by atoms with van der Waals surface area (Å²) in [6.45, 7) is 3.77. The van der Waals surface area contributed by atoms with Gasteiger partial charge >= 0.3 is 0 Å². The molecule has 0 N–H and O–H groups in total. The summed E-state index contributed by atoms with van der Waals surface area (Å²) in [5.74, 6) is 0.949. The van der Waals surface area contributed by atoms with Crippen LogP contribution in [-0.2, 0) is 0 Å². The molecule has 3 nitrogen and oxygen atoms in total. The van der Waals surface area contributed by atoms with Gasteiger partial charge in [-0.3, -0.25) is 4.90 Å². The minimum atomic E-state index is 0.736. The van der Waals surface area contributed by atoms with Gasteiger partial charge in [0.15, 0.2) is 0 Å². The Hall–Kier alpha value is -2.52. The van der Waals surface area contributed by atoms with Crippen LogP contribution in [0.4, 0.5) is 0 Å². The Bertz CT molecular complexity index is 835. The zero-order chi connectivity index (χ0) is 16.2. The van der Waals surface area contributed by atoms with Crippen LogP contribution in [0, 0.1) is 0 Å².